The second-order valence-electron chi connectivity index (χ2n) is 3.13. The molecule has 0 bridgehead atoms. The Bertz CT molecular complexity index is 362. The van der Waals surface area contributed by atoms with Crippen molar-refractivity contribution in [3.8, 4) is 5.88 Å². The van der Waals surface area contributed by atoms with Crippen molar-refractivity contribution >= 4 is 5.97 Å². The van der Waals surface area contributed by atoms with E-state index in [1.54, 1.807) is 6.07 Å². The fraction of sp³-hybridized carbons (Fsp3) is 0.400. The second kappa shape index (κ2) is 3.65. The van der Waals surface area contributed by atoms with Gasteiger partial charge in [-0.1, -0.05) is 0 Å². The van der Waals surface area contributed by atoms with E-state index in [-0.39, 0.29) is 5.97 Å². The van der Waals surface area contributed by atoms with E-state index in [0.29, 0.717) is 18.1 Å². The number of fused-ring (bicyclic) bond motifs is 1. The molecular weight excluding hydrogens is 182 g/mol. The summed E-state index contributed by atoms with van der Waals surface area (Å²) in [5.41, 5.74) is 1.47. The van der Waals surface area contributed by atoms with E-state index in [4.69, 9.17) is 4.74 Å². The smallest absolute Gasteiger partial charge is 0.339 e. The Morgan fingerprint density at radius 2 is 2.50 bits per heavy atom. The van der Waals surface area contributed by atoms with Gasteiger partial charge in [0.05, 0.1) is 19.3 Å². The van der Waals surface area contributed by atoms with Crippen molar-refractivity contribution in [1.82, 2.24) is 4.98 Å². The van der Waals surface area contributed by atoms with Crippen LogP contribution in [0.2, 0.25) is 0 Å². The molecule has 0 atom stereocenters. The second-order valence-corrected chi connectivity index (χ2v) is 3.13. The number of aromatic nitrogens is 1. The molecular formula is C10H11NO3. The minimum Gasteiger partial charge on any atom is -0.477 e. The third-order valence-corrected chi connectivity index (χ3v) is 2.18. The molecule has 0 saturated heterocycles. The molecule has 0 aromatic carbocycles. The van der Waals surface area contributed by atoms with Crippen LogP contribution in [0.4, 0.5) is 0 Å². The van der Waals surface area contributed by atoms with E-state index in [2.05, 4.69) is 9.72 Å². The maximum Gasteiger partial charge on any atom is 0.339 e. The van der Waals surface area contributed by atoms with Crippen molar-refractivity contribution < 1.29 is 14.3 Å². The molecule has 1 aliphatic rings. The molecule has 2 rings (SSSR count). The van der Waals surface area contributed by atoms with Crippen molar-refractivity contribution in [2.75, 3.05) is 13.7 Å². The first-order valence-electron chi connectivity index (χ1n) is 4.51. The van der Waals surface area contributed by atoms with Gasteiger partial charge in [-0.2, -0.15) is 0 Å². The zero-order valence-corrected chi connectivity index (χ0v) is 7.95. The highest BCUT2D eigenvalue weighted by Crippen LogP contribution is 2.22. The van der Waals surface area contributed by atoms with Crippen LogP contribution < -0.4 is 4.74 Å². The standard InChI is InChI=1S/C10H11NO3/c1-13-10(12)8-5-7-3-2-4-14-9(7)11-6-8/h5-6H,2-4H2,1H3. The zero-order chi connectivity index (χ0) is 9.97. The Morgan fingerprint density at radius 3 is 3.29 bits per heavy atom. The van der Waals surface area contributed by atoms with Crippen LogP contribution in [0.5, 0.6) is 5.88 Å². The third kappa shape index (κ3) is 1.55. The van der Waals surface area contributed by atoms with Crippen LogP contribution in [0.15, 0.2) is 12.3 Å². The van der Waals surface area contributed by atoms with Gasteiger partial charge in [0.25, 0.3) is 0 Å². The van der Waals surface area contributed by atoms with Gasteiger partial charge in [-0.3, -0.25) is 0 Å². The number of carbonyl (C=O) groups is 1. The number of pyridine rings is 1. The largest absolute Gasteiger partial charge is 0.477 e. The van der Waals surface area contributed by atoms with Gasteiger partial charge in [-0.25, -0.2) is 9.78 Å². The maximum absolute atomic E-state index is 11.2. The summed E-state index contributed by atoms with van der Waals surface area (Å²) in [5, 5.41) is 0. The number of hydrogen-bond acceptors (Lipinski definition) is 4. The van der Waals surface area contributed by atoms with Crippen LogP contribution in [0, 0.1) is 0 Å². The van der Waals surface area contributed by atoms with Crippen molar-refractivity contribution in [3.63, 3.8) is 0 Å². The highest BCUT2D eigenvalue weighted by Gasteiger charge is 2.14. The predicted octanol–water partition coefficient (Wildman–Crippen LogP) is 1.19. The molecule has 0 radical (unpaired) electrons. The predicted molar refractivity (Wildman–Crippen MR) is 49.4 cm³/mol. The van der Waals surface area contributed by atoms with Gasteiger partial charge in [-0.15, -0.1) is 0 Å². The average molecular weight is 193 g/mol. The molecule has 4 heteroatoms. The Balaban J connectivity index is 2.33. The first-order valence-corrected chi connectivity index (χ1v) is 4.51. The summed E-state index contributed by atoms with van der Waals surface area (Å²) in [6.45, 7) is 0.706. The van der Waals surface area contributed by atoms with E-state index in [0.717, 1.165) is 18.4 Å². The van der Waals surface area contributed by atoms with E-state index >= 15 is 0 Å². The topological polar surface area (TPSA) is 48.4 Å². The molecule has 0 aliphatic carbocycles. The molecule has 0 unspecified atom stereocenters. The first-order chi connectivity index (χ1) is 6.81. The van der Waals surface area contributed by atoms with Crippen molar-refractivity contribution in [3.05, 3.63) is 23.4 Å². The van der Waals surface area contributed by atoms with E-state index in [1.165, 1.54) is 13.3 Å². The SMILES string of the molecule is COC(=O)c1cnc2c(c1)CCCO2. The zero-order valence-electron chi connectivity index (χ0n) is 7.95. The van der Waals surface area contributed by atoms with Crippen LogP contribution in [0.25, 0.3) is 0 Å². The fourth-order valence-electron chi connectivity index (χ4n) is 1.47. The molecule has 0 amide bonds. The summed E-state index contributed by atoms with van der Waals surface area (Å²) in [6, 6.07) is 1.79. The molecule has 0 fully saturated rings. The van der Waals surface area contributed by atoms with Crippen LogP contribution in [-0.2, 0) is 11.2 Å². The Labute approximate surface area is 81.9 Å². The quantitative estimate of drug-likeness (QED) is 0.628. The Morgan fingerprint density at radius 1 is 1.64 bits per heavy atom. The summed E-state index contributed by atoms with van der Waals surface area (Å²) < 4.78 is 9.94. The van der Waals surface area contributed by atoms with Crippen molar-refractivity contribution in [2.45, 2.75) is 12.8 Å². The minimum absolute atomic E-state index is 0.356. The van der Waals surface area contributed by atoms with Gasteiger partial charge >= 0.3 is 5.97 Å². The summed E-state index contributed by atoms with van der Waals surface area (Å²) in [5.74, 6) is 0.287. The summed E-state index contributed by atoms with van der Waals surface area (Å²) in [6.07, 6.45) is 3.36. The third-order valence-electron chi connectivity index (χ3n) is 2.18. The van der Waals surface area contributed by atoms with E-state index in [9.17, 15) is 4.79 Å². The minimum atomic E-state index is -0.356. The molecule has 74 valence electrons. The number of ether oxygens (including phenoxy) is 2. The molecule has 0 N–H and O–H groups in total. The number of aryl methyl sites for hydroxylation is 1. The molecule has 1 aromatic rings. The van der Waals surface area contributed by atoms with Crippen LogP contribution >= 0.6 is 0 Å². The summed E-state index contributed by atoms with van der Waals surface area (Å²) in [7, 11) is 1.36. The normalized spacial score (nSPS) is 14.1. The van der Waals surface area contributed by atoms with Gasteiger partial charge < -0.3 is 9.47 Å². The number of carbonyl (C=O) groups excluding carboxylic acids is 1. The number of methoxy groups -OCH3 is 1. The summed E-state index contributed by atoms with van der Waals surface area (Å²) >= 11 is 0. The lowest BCUT2D eigenvalue weighted by atomic mass is 10.1. The highest BCUT2D eigenvalue weighted by atomic mass is 16.5. The number of esters is 1. The molecule has 1 aromatic heterocycles. The van der Waals surface area contributed by atoms with E-state index in [1.807, 2.05) is 0 Å². The number of nitrogens with zero attached hydrogens (tertiary/aromatic N) is 1. The average Bonchev–Trinajstić information content (AvgIpc) is 2.27. The maximum atomic E-state index is 11.2. The molecule has 0 saturated carbocycles. The van der Waals surface area contributed by atoms with Crippen molar-refractivity contribution in [1.29, 1.82) is 0 Å². The molecule has 0 spiro atoms. The molecule has 2 heterocycles. The van der Waals surface area contributed by atoms with Crippen molar-refractivity contribution in [2.24, 2.45) is 0 Å². The monoisotopic (exact) mass is 193 g/mol. The van der Waals surface area contributed by atoms with Gasteiger partial charge in [0.2, 0.25) is 5.88 Å². The number of hydrogen-bond donors (Lipinski definition) is 0. The molecule has 4 nitrogen and oxygen atoms in total. The van der Waals surface area contributed by atoms with Gasteiger partial charge in [-0.05, 0) is 18.9 Å². The van der Waals surface area contributed by atoms with E-state index < -0.39 is 0 Å². The van der Waals surface area contributed by atoms with Gasteiger partial charge in [0, 0.05) is 11.8 Å². The highest BCUT2D eigenvalue weighted by molar-refractivity contribution is 5.89. The molecule has 1 aliphatic heterocycles. The lowest BCUT2D eigenvalue weighted by molar-refractivity contribution is 0.0600. The fourth-order valence-corrected chi connectivity index (χ4v) is 1.47. The van der Waals surface area contributed by atoms with Crippen LogP contribution in [0.3, 0.4) is 0 Å². The Hall–Kier alpha value is -1.58. The summed E-state index contributed by atoms with van der Waals surface area (Å²) in [4.78, 5) is 15.3. The number of rotatable bonds is 1. The van der Waals surface area contributed by atoms with Crippen LogP contribution in [-0.4, -0.2) is 24.7 Å². The molecule has 14 heavy (non-hydrogen) atoms. The lowest BCUT2D eigenvalue weighted by Gasteiger charge is -2.15. The first kappa shape index (κ1) is 8.99. The lowest BCUT2D eigenvalue weighted by Crippen LogP contribution is -2.12. The van der Waals surface area contributed by atoms with Crippen LogP contribution in [0.1, 0.15) is 22.3 Å². The Kier molecular flexibility index (Phi) is 2.35. The van der Waals surface area contributed by atoms with Gasteiger partial charge in [0.1, 0.15) is 0 Å². The van der Waals surface area contributed by atoms with Gasteiger partial charge in [0.15, 0.2) is 0 Å².